The molecule has 0 radical (unpaired) electrons. The van der Waals surface area contributed by atoms with Crippen molar-refractivity contribution in [1.82, 2.24) is 14.6 Å². The fourth-order valence-electron chi connectivity index (χ4n) is 3.30. The van der Waals surface area contributed by atoms with E-state index < -0.39 is 0 Å². The Bertz CT molecular complexity index is 1380. The summed E-state index contributed by atoms with van der Waals surface area (Å²) < 4.78 is 24.0. The second-order valence-electron chi connectivity index (χ2n) is 7.10. The van der Waals surface area contributed by atoms with Crippen molar-refractivity contribution in [3.05, 3.63) is 56.8 Å². The van der Waals surface area contributed by atoms with Crippen LogP contribution in [0.2, 0.25) is 0 Å². The maximum absolute atomic E-state index is 13.0. The highest BCUT2D eigenvalue weighted by molar-refractivity contribution is 7.15. The molecule has 33 heavy (non-hydrogen) atoms. The van der Waals surface area contributed by atoms with E-state index in [9.17, 15) is 4.79 Å². The lowest BCUT2D eigenvalue weighted by Crippen LogP contribution is -2.23. The van der Waals surface area contributed by atoms with Gasteiger partial charge in [-0.05, 0) is 55.3 Å². The third-order valence-corrected chi connectivity index (χ3v) is 5.81. The van der Waals surface area contributed by atoms with Gasteiger partial charge in [-0.1, -0.05) is 24.3 Å². The minimum absolute atomic E-state index is 0.224. The number of ether oxygens (including phenoxy) is 4. The van der Waals surface area contributed by atoms with Gasteiger partial charge in [0.15, 0.2) is 28.8 Å². The largest absolute Gasteiger partial charge is 0.493 e. The van der Waals surface area contributed by atoms with Crippen LogP contribution >= 0.6 is 11.3 Å². The molecule has 0 saturated carbocycles. The Labute approximate surface area is 195 Å². The number of aromatic nitrogens is 3. The van der Waals surface area contributed by atoms with Crippen LogP contribution in [-0.2, 0) is 0 Å². The smallest absolute Gasteiger partial charge is 0.291 e. The van der Waals surface area contributed by atoms with Crippen molar-refractivity contribution < 1.29 is 18.9 Å². The summed E-state index contributed by atoms with van der Waals surface area (Å²) in [6.45, 7) is 5.11. The van der Waals surface area contributed by atoms with E-state index in [1.807, 2.05) is 37.3 Å². The normalized spacial score (nSPS) is 11.7. The van der Waals surface area contributed by atoms with Crippen molar-refractivity contribution in [3.63, 3.8) is 0 Å². The summed E-state index contributed by atoms with van der Waals surface area (Å²) in [7, 11) is 3.14. The van der Waals surface area contributed by atoms with E-state index in [1.165, 1.54) is 15.9 Å². The maximum Gasteiger partial charge on any atom is 0.291 e. The molecule has 0 amide bonds. The number of thiazole rings is 1. The zero-order valence-electron chi connectivity index (χ0n) is 19.0. The van der Waals surface area contributed by atoms with Crippen molar-refractivity contribution in [2.45, 2.75) is 20.3 Å². The number of hydrogen-bond acceptors (Lipinski definition) is 8. The molecule has 0 bridgehead atoms. The summed E-state index contributed by atoms with van der Waals surface area (Å²) in [5.41, 5.74) is 1.35. The van der Waals surface area contributed by atoms with E-state index in [2.05, 4.69) is 17.0 Å². The Morgan fingerprint density at radius 3 is 2.45 bits per heavy atom. The summed E-state index contributed by atoms with van der Waals surface area (Å²) >= 11 is 1.28. The minimum Gasteiger partial charge on any atom is -0.493 e. The second-order valence-corrected chi connectivity index (χ2v) is 8.11. The van der Waals surface area contributed by atoms with Crippen molar-refractivity contribution >= 4 is 22.4 Å². The van der Waals surface area contributed by atoms with Gasteiger partial charge < -0.3 is 18.9 Å². The maximum atomic E-state index is 13.0. The quantitative estimate of drug-likeness (QED) is 0.372. The second kappa shape index (κ2) is 9.91. The fraction of sp³-hybridized carbons (Fsp3) is 0.292. The molecule has 172 valence electrons. The number of methoxy groups -OCH3 is 2. The average molecular weight is 468 g/mol. The molecule has 0 aliphatic rings. The van der Waals surface area contributed by atoms with Gasteiger partial charge in [0.1, 0.15) is 0 Å². The number of nitrogens with zero attached hydrogens (tertiary/aromatic N) is 3. The van der Waals surface area contributed by atoms with Gasteiger partial charge in [0.2, 0.25) is 4.96 Å². The molecule has 0 spiro atoms. The van der Waals surface area contributed by atoms with Gasteiger partial charge in [-0.15, -0.1) is 5.10 Å². The van der Waals surface area contributed by atoms with Gasteiger partial charge in [-0.2, -0.15) is 9.50 Å². The number of hydrogen-bond donors (Lipinski definition) is 0. The van der Waals surface area contributed by atoms with Crippen LogP contribution in [0.4, 0.5) is 0 Å². The fourth-order valence-corrected chi connectivity index (χ4v) is 4.20. The molecule has 4 aromatic rings. The Balaban J connectivity index is 1.69. The molecule has 0 aliphatic heterocycles. The van der Waals surface area contributed by atoms with Crippen LogP contribution in [0.3, 0.4) is 0 Å². The van der Waals surface area contributed by atoms with Gasteiger partial charge >= 0.3 is 0 Å². The van der Waals surface area contributed by atoms with Gasteiger partial charge in [-0.3, -0.25) is 4.79 Å². The lowest BCUT2D eigenvalue weighted by molar-refractivity contribution is 0.277. The molecule has 0 N–H and O–H groups in total. The third-order valence-electron chi connectivity index (χ3n) is 4.85. The lowest BCUT2D eigenvalue weighted by atomic mass is 10.2. The van der Waals surface area contributed by atoms with E-state index in [-0.39, 0.29) is 5.56 Å². The molecule has 0 saturated heterocycles. The highest BCUT2D eigenvalue weighted by Crippen LogP contribution is 2.31. The Morgan fingerprint density at radius 1 is 0.970 bits per heavy atom. The van der Waals surface area contributed by atoms with Crippen molar-refractivity contribution in [2.24, 2.45) is 0 Å². The van der Waals surface area contributed by atoms with E-state index in [4.69, 9.17) is 18.9 Å². The summed E-state index contributed by atoms with van der Waals surface area (Å²) in [5, 5.41) is 4.41. The Morgan fingerprint density at radius 2 is 1.76 bits per heavy atom. The molecule has 8 nitrogen and oxygen atoms in total. The highest BCUT2D eigenvalue weighted by Gasteiger charge is 2.14. The first kappa shape index (κ1) is 22.6. The van der Waals surface area contributed by atoms with Crippen LogP contribution in [0, 0.1) is 0 Å². The standard InChI is InChI=1S/C24H25N3O5S/c1-5-11-32-18-9-7-15(12-20(18)31-6-2)13-21-23(28)27-24(33-21)25-22(26-27)16-8-10-17(29-3)19(14-16)30-4/h7-10,12-14H,5-6,11H2,1-4H3. The van der Waals surface area contributed by atoms with Gasteiger partial charge in [0.25, 0.3) is 5.56 Å². The van der Waals surface area contributed by atoms with Gasteiger partial charge in [0.05, 0.1) is 32.0 Å². The van der Waals surface area contributed by atoms with Crippen molar-refractivity contribution in [2.75, 3.05) is 27.4 Å². The van der Waals surface area contributed by atoms with Gasteiger partial charge in [-0.25, -0.2) is 0 Å². The number of benzene rings is 2. The first-order valence-corrected chi connectivity index (χ1v) is 11.4. The Kier molecular flexibility index (Phi) is 6.79. The van der Waals surface area contributed by atoms with Crippen molar-refractivity contribution in [1.29, 1.82) is 0 Å². The van der Waals surface area contributed by atoms with Crippen LogP contribution in [0.1, 0.15) is 25.8 Å². The van der Waals surface area contributed by atoms with Crippen molar-refractivity contribution in [3.8, 4) is 34.4 Å². The summed E-state index contributed by atoms with van der Waals surface area (Å²) in [4.78, 5) is 18.0. The summed E-state index contributed by atoms with van der Waals surface area (Å²) in [5.74, 6) is 2.98. The molecule has 0 aliphatic carbocycles. The predicted molar refractivity (Wildman–Crippen MR) is 128 cm³/mol. The van der Waals surface area contributed by atoms with Crippen LogP contribution in [0.5, 0.6) is 23.0 Å². The van der Waals surface area contributed by atoms with E-state index in [1.54, 1.807) is 26.4 Å². The van der Waals surface area contributed by atoms with E-state index in [0.29, 0.717) is 51.5 Å². The van der Waals surface area contributed by atoms with Crippen LogP contribution in [0.15, 0.2) is 41.2 Å². The molecule has 4 rings (SSSR count). The Hall–Kier alpha value is -3.59. The first-order chi connectivity index (χ1) is 16.1. The molecule has 0 fully saturated rings. The van der Waals surface area contributed by atoms with E-state index in [0.717, 1.165) is 17.5 Å². The third kappa shape index (κ3) is 4.63. The predicted octanol–water partition coefficient (Wildman–Crippen LogP) is 3.57. The molecular formula is C24H25N3O5S. The van der Waals surface area contributed by atoms with Crippen LogP contribution in [-0.4, -0.2) is 42.0 Å². The molecule has 2 aromatic heterocycles. The zero-order valence-corrected chi connectivity index (χ0v) is 19.8. The van der Waals surface area contributed by atoms with Crippen LogP contribution in [0.25, 0.3) is 22.4 Å². The number of fused-ring (bicyclic) bond motifs is 1. The first-order valence-electron chi connectivity index (χ1n) is 10.6. The molecule has 0 unspecified atom stereocenters. The molecule has 2 heterocycles. The SMILES string of the molecule is CCCOc1ccc(C=c2sc3nc(-c4ccc(OC)c(OC)c4)nn3c2=O)cc1OCC. The molecular weight excluding hydrogens is 442 g/mol. The summed E-state index contributed by atoms with van der Waals surface area (Å²) in [6.07, 6.45) is 2.72. The van der Waals surface area contributed by atoms with Crippen LogP contribution < -0.4 is 29.0 Å². The highest BCUT2D eigenvalue weighted by atomic mass is 32.1. The zero-order chi connectivity index (χ0) is 23.4. The monoisotopic (exact) mass is 467 g/mol. The number of rotatable bonds is 9. The summed E-state index contributed by atoms with van der Waals surface area (Å²) in [6, 6.07) is 11.0. The topological polar surface area (TPSA) is 84.2 Å². The average Bonchev–Trinajstić information content (AvgIpc) is 3.37. The molecule has 2 aromatic carbocycles. The van der Waals surface area contributed by atoms with Gasteiger partial charge in [0, 0.05) is 5.56 Å². The molecule has 9 heteroatoms. The molecule has 0 atom stereocenters. The minimum atomic E-state index is -0.224. The van der Waals surface area contributed by atoms with E-state index >= 15 is 0 Å². The lowest BCUT2D eigenvalue weighted by Gasteiger charge is -2.11.